The zero-order valence-corrected chi connectivity index (χ0v) is 14.9. The van der Waals surface area contributed by atoms with Crippen molar-refractivity contribution >= 4 is 11.4 Å². The predicted molar refractivity (Wildman–Crippen MR) is 114 cm³/mol. The molecule has 2 nitrogen and oxygen atoms in total. The van der Waals surface area contributed by atoms with E-state index in [1.807, 2.05) is 24.3 Å². The minimum Gasteiger partial charge on any atom is -0.399 e. The van der Waals surface area contributed by atoms with E-state index in [9.17, 15) is 0 Å². The number of anilines is 2. The van der Waals surface area contributed by atoms with Crippen LogP contribution >= 0.6 is 0 Å². The molecular formula is C25H20N2. The summed E-state index contributed by atoms with van der Waals surface area (Å²) in [7, 11) is 0. The maximum atomic E-state index is 5.82. The van der Waals surface area contributed by atoms with Gasteiger partial charge in [-0.05, 0) is 81.3 Å². The van der Waals surface area contributed by atoms with E-state index in [1.165, 1.54) is 44.5 Å². The molecule has 0 amide bonds. The molecular weight excluding hydrogens is 328 g/mol. The van der Waals surface area contributed by atoms with Crippen molar-refractivity contribution < 1.29 is 0 Å². The van der Waals surface area contributed by atoms with Crippen molar-refractivity contribution in [2.45, 2.75) is 6.42 Å². The minimum absolute atomic E-state index is 0.792. The standard InChI is InChI=1S/C25H20N2/c26-22-8-3-16(4-9-22)18-7-12-24-21(13-18)14-20-2-1-19(15-25(20)24)17-5-10-23(27)11-6-17/h1-13,15H,14,26-27H2. The fourth-order valence-electron chi connectivity index (χ4n) is 3.90. The number of nitrogens with two attached hydrogens (primary N) is 2. The molecule has 4 aromatic rings. The van der Waals surface area contributed by atoms with Crippen LogP contribution in [0.3, 0.4) is 0 Å². The second-order valence-electron chi connectivity index (χ2n) is 7.16. The highest BCUT2D eigenvalue weighted by atomic mass is 14.5. The van der Waals surface area contributed by atoms with Crippen LogP contribution in [0.2, 0.25) is 0 Å². The number of hydrogen-bond donors (Lipinski definition) is 2. The Balaban J connectivity index is 1.54. The van der Waals surface area contributed by atoms with Gasteiger partial charge in [-0.1, -0.05) is 54.6 Å². The van der Waals surface area contributed by atoms with E-state index in [1.54, 1.807) is 0 Å². The van der Waals surface area contributed by atoms with Crippen LogP contribution in [0.4, 0.5) is 11.4 Å². The van der Waals surface area contributed by atoms with Gasteiger partial charge in [-0.2, -0.15) is 0 Å². The zero-order valence-electron chi connectivity index (χ0n) is 14.9. The Morgan fingerprint density at radius 2 is 0.963 bits per heavy atom. The van der Waals surface area contributed by atoms with E-state index in [2.05, 4.69) is 60.7 Å². The van der Waals surface area contributed by atoms with Crippen molar-refractivity contribution in [3.8, 4) is 33.4 Å². The third-order valence-electron chi connectivity index (χ3n) is 5.37. The van der Waals surface area contributed by atoms with Gasteiger partial charge in [0.2, 0.25) is 0 Å². The summed E-state index contributed by atoms with van der Waals surface area (Å²) >= 11 is 0. The molecule has 27 heavy (non-hydrogen) atoms. The topological polar surface area (TPSA) is 52.0 Å². The predicted octanol–water partition coefficient (Wildman–Crippen LogP) is 5.76. The van der Waals surface area contributed by atoms with Gasteiger partial charge in [0, 0.05) is 11.4 Å². The quantitative estimate of drug-likeness (QED) is 0.399. The summed E-state index contributed by atoms with van der Waals surface area (Å²) in [6.45, 7) is 0. The maximum Gasteiger partial charge on any atom is 0.0314 e. The SMILES string of the molecule is Nc1ccc(-c2ccc3c(c2)Cc2ccc(-c4ccc(N)cc4)cc2-3)cc1. The molecule has 0 aliphatic heterocycles. The van der Waals surface area contributed by atoms with Crippen LogP contribution in [0.25, 0.3) is 33.4 Å². The number of rotatable bonds is 2. The monoisotopic (exact) mass is 348 g/mol. The number of hydrogen-bond acceptors (Lipinski definition) is 2. The lowest BCUT2D eigenvalue weighted by molar-refractivity contribution is 1.26. The van der Waals surface area contributed by atoms with Gasteiger partial charge < -0.3 is 11.5 Å². The van der Waals surface area contributed by atoms with Crippen LogP contribution in [-0.4, -0.2) is 0 Å². The number of nitrogen functional groups attached to an aromatic ring is 2. The summed E-state index contributed by atoms with van der Waals surface area (Å²) in [6.07, 6.45) is 0.982. The van der Waals surface area contributed by atoms with Gasteiger partial charge in [-0.25, -0.2) is 0 Å². The van der Waals surface area contributed by atoms with Gasteiger partial charge in [0.05, 0.1) is 0 Å². The molecule has 4 aromatic carbocycles. The Hall–Kier alpha value is -3.52. The van der Waals surface area contributed by atoms with Crippen LogP contribution in [0.5, 0.6) is 0 Å². The van der Waals surface area contributed by atoms with Crippen LogP contribution in [0, 0.1) is 0 Å². The average molecular weight is 348 g/mol. The van der Waals surface area contributed by atoms with Crippen molar-refractivity contribution in [2.75, 3.05) is 11.5 Å². The summed E-state index contributed by atoms with van der Waals surface area (Å²) < 4.78 is 0. The van der Waals surface area contributed by atoms with Crippen LogP contribution in [-0.2, 0) is 6.42 Å². The third kappa shape index (κ3) is 2.76. The Kier molecular flexibility index (Phi) is 3.51. The zero-order chi connectivity index (χ0) is 18.4. The molecule has 1 aliphatic rings. The van der Waals surface area contributed by atoms with Crippen LogP contribution < -0.4 is 11.5 Å². The first kappa shape index (κ1) is 15.7. The normalized spacial score (nSPS) is 11.9. The Morgan fingerprint density at radius 1 is 0.444 bits per heavy atom. The van der Waals surface area contributed by atoms with Gasteiger partial charge in [0.15, 0.2) is 0 Å². The van der Waals surface area contributed by atoms with E-state index >= 15 is 0 Å². The number of benzene rings is 4. The lowest BCUT2D eigenvalue weighted by Crippen LogP contribution is -1.86. The van der Waals surface area contributed by atoms with Crippen molar-refractivity contribution in [3.63, 3.8) is 0 Å². The van der Waals surface area contributed by atoms with Crippen molar-refractivity contribution in [3.05, 3.63) is 96.1 Å². The third-order valence-corrected chi connectivity index (χ3v) is 5.37. The van der Waals surface area contributed by atoms with Crippen LogP contribution in [0.15, 0.2) is 84.9 Å². The second kappa shape index (κ2) is 6.03. The maximum absolute atomic E-state index is 5.82. The molecule has 0 saturated carbocycles. The second-order valence-corrected chi connectivity index (χ2v) is 7.16. The molecule has 0 atom stereocenters. The fraction of sp³-hybridized carbons (Fsp3) is 0.0400. The largest absolute Gasteiger partial charge is 0.399 e. The fourth-order valence-corrected chi connectivity index (χ4v) is 3.90. The Morgan fingerprint density at radius 3 is 1.59 bits per heavy atom. The summed E-state index contributed by atoms with van der Waals surface area (Å²) in [5.74, 6) is 0. The molecule has 0 spiro atoms. The van der Waals surface area contributed by atoms with E-state index < -0.39 is 0 Å². The molecule has 0 radical (unpaired) electrons. The summed E-state index contributed by atoms with van der Waals surface area (Å²) in [4.78, 5) is 0. The summed E-state index contributed by atoms with van der Waals surface area (Å²) in [5, 5.41) is 0. The van der Waals surface area contributed by atoms with Crippen molar-refractivity contribution in [2.24, 2.45) is 0 Å². The molecule has 130 valence electrons. The molecule has 0 bridgehead atoms. The Labute approximate surface area is 159 Å². The highest BCUT2D eigenvalue weighted by molar-refractivity contribution is 5.83. The first-order valence-electron chi connectivity index (χ1n) is 9.15. The van der Waals surface area contributed by atoms with Crippen LogP contribution in [0.1, 0.15) is 11.1 Å². The lowest BCUT2D eigenvalue weighted by atomic mass is 9.97. The molecule has 0 unspecified atom stereocenters. The van der Waals surface area contributed by atoms with Gasteiger partial charge in [-0.3, -0.25) is 0 Å². The van der Waals surface area contributed by atoms with E-state index in [0.29, 0.717) is 0 Å². The van der Waals surface area contributed by atoms with Gasteiger partial charge >= 0.3 is 0 Å². The van der Waals surface area contributed by atoms with Gasteiger partial charge in [-0.15, -0.1) is 0 Å². The van der Waals surface area contributed by atoms with E-state index in [-0.39, 0.29) is 0 Å². The minimum atomic E-state index is 0.792. The first-order chi connectivity index (χ1) is 13.2. The molecule has 0 aromatic heterocycles. The molecule has 0 saturated heterocycles. The van der Waals surface area contributed by atoms with E-state index in [4.69, 9.17) is 11.5 Å². The van der Waals surface area contributed by atoms with E-state index in [0.717, 1.165) is 17.8 Å². The molecule has 4 N–H and O–H groups in total. The molecule has 1 aliphatic carbocycles. The number of fused-ring (bicyclic) bond motifs is 3. The molecule has 2 heteroatoms. The molecule has 0 fully saturated rings. The molecule has 5 rings (SSSR count). The Bertz CT molecular complexity index is 1140. The first-order valence-corrected chi connectivity index (χ1v) is 9.15. The van der Waals surface area contributed by atoms with Crippen molar-refractivity contribution in [1.29, 1.82) is 0 Å². The smallest absolute Gasteiger partial charge is 0.0314 e. The van der Waals surface area contributed by atoms with Gasteiger partial charge in [0.1, 0.15) is 0 Å². The highest BCUT2D eigenvalue weighted by Gasteiger charge is 2.19. The highest BCUT2D eigenvalue weighted by Crippen LogP contribution is 2.40. The summed E-state index contributed by atoms with van der Waals surface area (Å²) in [5.41, 5.74) is 23.5. The van der Waals surface area contributed by atoms with Gasteiger partial charge in [0.25, 0.3) is 0 Å². The summed E-state index contributed by atoms with van der Waals surface area (Å²) in [6, 6.07) is 29.7. The lowest BCUT2D eigenvalue weighted by Gasteiger charge is -2.08. The average Bonchev–Trinajstić information content (AvgIpc) is 3.06. The molecule has 0 heterocycles. The van der Waals surface area contributed by atoms with Crippen molar-refractivity contribution in [1.82, 2.24) is 0 Å².